The number of carbonyl (C=O) groups is 4. The first-order valence-corrected chi connectivity index (χ1v) is 45.1. The Kier molecular flexibility index (Phi) is 141. The molecular weight excluding hydrogens is 1610 g/mol. The van der Waals surface area contributed by atoms with Gasteiger partial charge in [0.1, 0.15) is 0 Å². The zero-order chi connectivity index (χ0) is 73.7. The molecule has 0 saturated heterocycles. The summed E-state index contributed by atoms with van der Waals surface area (Å²) in [4.78, 5) is 45.2. The molecule has 8 nitrogen and oxygen atoms in total. The van der Waals surface area contributed by atoms with Gasteiger partial charge in [0.15, 0.2) is 0 Å². The molecule has 0 heterocycles. The number of hydrogen-bond acceptors (Lipinski definition) is 12. The Morgan fingerprint density at radius 3 is 0.448 bits per heavy atom. The van der Waals surface area contributed by atoms with Gasteiger partial charge in [0, 0.05) is 25.7 Å². The third-order valence-corrected chi connectivity index (χ3v) is 18.5. The SMILES string of the molecule is C.C.CCC/C=C/CCCCCCCCCCCCCCC(=O)OCC[S-].CCC/C=C/CCCCCCCCCCCCCCC(=O)OCC[S-].CCC/C=C/CCCCCCCCCCCCCCC(=O)OCC[S-].CCC/C=C/CCCCCCCCCCCCCCC(=O)OCC[S-].S.[Sn+2].[Sn+2]. The Labute approximate surface area is 719 Å². The minimum atomic E-state index is -0.0816. The van der Waals surface area contributed by atoms with Gasteiger partial charge in [0.05, 0.1) is 26.4 Å². The van der Waals surface area contributed by atoms with E-state index in [0.717, 1.165) is 51.4 Å². The molecule has 0 aliphatic carbocycles. The zero-order valence-electron chi connectivity index (χ0n) is 67.9. The van der Waals surface area contributed by atoms with E-state index in [-0.39, 0.29) is 100 Å². The average molecular weight is 1780 g/mol. The normalized spacial score (nSPS) is 10.7. The van der Waals surface area contributed by atoms with E-state index in [4.69, 9.17) is 69.5 Å². The maximum atomic E-state index is 11.3. The zero-order valence-corrected chi connectivity index (χ0v) is 77.9. The topological polar surface area (TPSA) is 105 Å². The number of hydrogen-bond donors (Lipinski definition) is 0. The third kappa shape index (κ3) is 128. The first-order valence-electron chi connectivity index (χ1n) is 42.8. The number of esters is 4. The summed E-state index contributed by atoms with van der Waals surface area (Å²) in [5.74, 6) is 1.68. The summed E-state index contributed by atoms with van der Waals surface area (Å²) in [6.45, 7) is 10.5. The molecule has 0 aromatic rings. The Morgan fingerprint density at radius 2 is 0.324 bits per heavy atom. The molecule has 0 spiro atoms. The molecule has 0 aliphatic rings. The Bertz CT molecular complexity index is 1470. The third-order valence-electron chi connectivity index (χ3n) is 17.9. The quantitative estimate of drug-likeness (QED) is 0.0145. The Balaban J connectivity index is -0.000000165. The molecule has 0 saturated carbocycles. The van der Waals surface area contributed by atoms with Crippen molar-refractivity contribution in [3.8, 4) is 0 Å². The van der Waals surface area contributed by atoms with Crippen LogP contribution in [0.2, 0.25) is 0 Å². The van der Waals surface area contributed by atoms with E-state index in [1.807, 2.05) is 0 Å². The first-order chi connectivity index (χ1) is 49.2. The molecule has 0 rings (SSSR count). The van der Waals surface area contributed by atoms with Gasteiger partial charge in [0.25, 0.3) is 0 Å². The van der Waals surface area contributed by atoms with Crippen LogP contribution < -0.4 is 0 Å². The summed E-state index contributed by atoms with van der Waals surface area (Å²) in [5, 5.41) is 0. The molecule has 620 valence electrons. The van der Waals surface area contributed by atoms with Crippen LogP contribution in [0.3, 0.4) is 0 Å². The fourth-order valence-corrected chi connectivity index (χ4v) is 12.1. The van der Waals surface area contributed by atoms with Crippen LogP contribution in [0, 0.1) is 0 Å². The van der Waals surface area contributed by atoms with Crippen LogP contribution in [0.1, 0.15) is 453 Å². The van der Waals surface area contributed by atoms with Crippen molar-refractivity contribution < 1.29 is 38.1 Å². The van der Waals surface area contributed by atoms with Gasteiger partial charge in [0.2, 0.25) is 0 Å². The largest absolute Gasteiger partial charge is 2.00 e. The fraction of sp³-hybridized carbons (Fsp3) is 0.867. The summed E-state index contributed by atoms with van der Waals surface area (Å²) < 4.78 is 19.9. The molecule has 0 atom stereocenters. The van der Waals surface area contributed by atoms with E-state index in [1.165, 1.54) is 334 Å². The monoisotopic (exact) mass is 1780 g/mol. The molecule has 0 fully saturated rings. The number of allylic oxidation sites excluding steroid dienone is 8. The molecule has 105 heavy (non-hydrogen) atoms. The van der Waals surface area contributed by atoms with Crippen molar-refractivity contribution in [2.24, 2.45) is 0 Å². The second-order valence-corrected chi connectivity index (χ2v) is 29.5. The van der Waals surface area contributed by atoms with Crippen molar-refractivity contribution in [2.45, 2.75) is 453 Å². The minimum Gasteiger partial charge on any atom is -0.789 e. The van der Waals surface area contributed by atoms with Crippen molar-refractivity contribution in [1.29, 1.82) is 0 Å². The average Bonchev–Trinajstić information content (AvgIpc) is 3.63. The van der Waals surface area contributed by atoms with E-state index >= 15 is 0 Å². The van der Waals surface area contributed by atoms with Crippen LogP contribution in [0.5, 0.6) is 0 Å². The van der Waals surface area contributed by atoms with Gasteiger partial charge in [-0.3, -0.25) is 19.2 Å². The summed E-state index contributed by atoms with van der Waals surface area (Å²) in [6, 6.07) is 0. The summed E-state index contributed by atoms with van der Waals surface area (Å²) in [6.07, 6.45) is 99.1. The number of ether oxygens (including phenoxy) is 4. The van der Waals surface area contributed by atoms with Crippen LogP contribution in [0.25, 0.3) is 0 Å². The number of unbranched alkanes of at least 4 members (excludes halogenated alkanes) is 52. The smallest absolute Gasteiger partial charge is 0.789 e. The second kappa shape index (κ2) is 120. The van der Waals surface area contributed by atoms with Crippen LogP contribution >= 0.6 is 13.5 Å². The van der Waals surface area contributed by atoms with E-state index < -0.39 is 0 Å². The van der Waals surface area contributed by atoms with Crippen molar-refractivity contribution >= 4 is 136 Å². The van der Waals surface area contributed by atoms with E-state index in [2.05, 4.69) is 76.3 Å². The molecule has 0 amide bonds. The number of carbonyl (C=O) groups excluding carboxylic acids is 4. The van der Waals surface area contributed by atoms with Crippen molar-refractivity contribution in [1.82, 2.24) is 0 Å². The molecule has 0 unspecified atom stereocenters. The standard InChI is InChI=1S/4C22H42O2S.2CH4.H2S.2Sn/c4*1-2-3-4-5-6-7-8-9-10-11-12-13-14-15-16-17-18-19-22(23)24-20-21-25;;;;;/h4*4-5,25H,2-3,6-21H2,1H3;2*1H4;1H2;;/q;;;;;;;2*+2/p-4/b4*5-4+;;;;;. The predicted octanol–water partition coefficient (Wildman–Crippen LogP) is 28.2. The molecule has 0 aliphatic heterocycles. The maximum Gasteiger partial charge on any atom is 2.00 e. The molecule has 0 aromatic heterocycles. The molecule has 4 radical (unpaired) electrons. The van der Waals surface area contributed by atoms with Gasteiger partial charge in [-0.25, -0.2) is 0 Å². The van der Waals surface area contributed by atoms with Crippen LogP contribution in [0.15, 0.2) is 48.6 Å². The molecular formula is C90H174O8S5Sn2. The van der Waals surface area contributed by atoms with Crippen LogP contribution in [-0.4, -0.2) is 121 Å². The fourth-order valence-electron chi connectivity index (χ4n) is 11.7. The van der Waals surface area contributed by atoms with Gasteiger partial charge in [-0.1, -0.05) is 374 Å². The summed E-state index contributed by atoms with van der Waals surface area (Å²) in [7, 11) is 0. The second-order valence-electron chi connectivity index (χ2n) is 27.9. The van der Waals surface area contributed by atoms with Gasteiger partial charge in [-0.05, 0) is 103 Å². The van der Waals surface area contributed by atoms with Crippen molar-refractivity contribution in [2.75, 3.05) is 49.4 Å². The molecule has 0 bridgehead atoms. The molecule has 0 N–H and O–H groups in total. The first kappa shape index (κ1) is 123. The van der Waals surface area contributed by atoms with Gasteiger partial charge >= 0.3 is 71.7 Å². The van der Waals surface area contributed by atoms with Gasteiger partial charge in [-0.15, -0.1) is 23.0 Å². The predicted molar refractivity (Wildman–Crippen MR) is 483 cm³/mol. The molecule has 15 heteroatoms. The van der Waals surface area contributed by atoms with E-state index in [1.54, 1.807) is 0 Å². The van der Waals surface area contributed by atoms with Crippen molar-refractivity contribution in [3.63, 3.8) is 0 Å². The Morgan fingerprint density at radius 1 is 0.210 bits per heavy atom. The number of rotatable bonds is 76. The Hall–Kier alpha value is 0.187. The van der Waals surface area contributed by atoms with Gasteiger partial charge in [-0.2, -0.15) is 13.5 Å². The van der Waals surface area contributed by atoms with Crippen LogP contribution in [-0.2, 0) is 88.6 Å². The van der Waals surface area contributed by atoms with Gasteiger partial charge < -0.3 is 69.5 Å². The maximum absolute atomic E-state index is 11.3. The van der Waals surface area contributed by atoms with Crippen LogP contribution in [0.4, 0.5) is 0 Å². The summed E-state index contributed by atoms with van der Waals surface area (Å²) >= 11 is 19.0. The van der Waals surface area contributed by atoms with Crippen molar-refractivity contribution in [3.05, 3.63) is 48.6 Å². The van der Waals surface area contributed by atoms with E-state index in [0.29, 0.717) is 75.1 Å². The van der Waals surface area contributed by atoms with E-state index in [9.17, 15) is 19.2 Å². The summed E-state index contributed by atoms with van der Waals surface area (Å²) in [5.41, 5.74) is 0. The molecule has 0 aromatic carbocycles. The minimum absolute atomic E-state index is 0.